The van der Waals surface area contributed by atoms with Gasteiger partial charge in [0, 0.05) is 0 Å². The number of oxime groups is 1. The third kappa shape index (κ3) is 14.7. The zero-order valence-corrected chi connectivity index (χ0v) is 17.9. The smallest absolute Gasteiger partial charge is 0.159 e. The van der Waals surface area contributed by atoms with Crippen molar-refractivity contribution in [3.05, 3.63) is 59.7 Å². The van der Waals surface area contributed by atoms with E-state index in [1.54, 1.807) is 0 Å². The number of benzene rings is 1. The van der Waals surface area contributed by atoms with Crippen LogP contribution in [0.4, 0.5) is 8.78 Å². The molecule has 0 radical (unpaired) electrons. The van der Waals surface area contributed by atoms with Gasteiger partial charge in [0.2, 0.25) is 0 Å². The minimum absolute atomic E-state index is 0.487. The van der Waals surface area contributed by atoms with Gasteiger partial charge >= 0.3 is 0 Å². The summed E-state index contributed by atoms with van der Waals surface area (Å²) in [5.74, 6) is -1.73. The minimum Gasteiger partial charge on any atom is -0.396 e. The Morgan fingerprint density at radius 2 is 1.45 bits per heavy atom. The summed E-state index contributed by atoms with van der Waals surface area (Å²) in [7, 11) is 0. The summed E-state index contributed by atoms with van der Waals surface area (Å²) in [4.78, 5) is 5.17. The van der Waals surface area contributed by atoms with Gasteiger partial charge in [0.1, 0.15) is 6.61 Å². The summed E-state index contributed by atoms with van der Waals surface area (Å²) in [5.41, 5.74) is 0.487. The van der Waals surface area contributed by atoms with Gasteiger partial charge in [0.25, 0.3) is 0 Å². The van der Waals surface area contributed by atoms with Crippen molar-refractivity contribution in [1.29, 1.82) is 0 Å². The minimum atomic E-state index is -0.876. The Kier molecular flexibility index (Phi) is 15.6. The number of hydrogen-bond donors (Lipinski definition) is 0. The van der Waals surface area contributed by atoms with Crippen molar-refractivity contribution in [2.45, 2.75) is 84.0 Å². The average molecular weight is 406 g/mol. The molecule has 0 unspecified atom stereocenters. The molecule has 0 heterocycles. The molecule has 2 nitrogen and oxygen atoms in total. The third-order valence-electron chi connectivity index (χ3n) is 4.66. The number of halogens is 2. The molecule has 1 aromatic rings. The van der Waals surface area contributed by atoms with Gasteiger partial charge in [-0.3, -0.25) is 0 Å². The number of rotatable bonds is 17. The zero-order chi connectivity index (χ0) is 21.0. The van der Waals surface area contributed by atoms with Crippen LogP contribution in [-0.2, 0) is 4.84 Å². The molecule has 0 saturated heterocycles. The third-order valence-corrected chi connectivity index (χ3v) is 4.66. The highest BCUT2D eigenvalue weighted by atomic mass is 19.2. The summed E-state index contributed by atoms with van der Waals surface area (Å²) in [6.45, 7) is 2.79. The molecular formula is C25H37F2NO. The highest BCUT2D eigenvalue weighted by Gasteiger charge is 2.00. The Bertz CT molecular complexity index is 611. The van der Waals surface area contributed by atoms with Crippen molar-refractivity contribution in [1.82, 2.24) is 0 Å². The van der Waals surface area contributed by atoms with Gasteiger partial charge in [0.15, 0.2) is 11.6 Å². The summed E-state index contributed by atoms with van der Waals surface area (Å²) in [6.07, 6.45) is 25.0. The SMILES string of the molecule is CCCCC/C=C\C/C=C/CCCCCCCCON=Cc1ccc(F)c(F)c1. The van der Waals surface area contributed by atoms with Crippen molar-refractivity contribution in [3.8, 4) is 0 Å². The molecule has 1 rings (SSSR count). The predicted molar refractivity (Wildman–Crippen MR) is 119 cm³/mol. The van der Waals surface area contributed by atoms with E-state index in [0.29, 0.717) is 12.2 Å². The Morgan fingerprint density at radius 3 is 2.14 bits per heavy atom. The fourth-order valence-corrected chi connectivity index (χ4v) is 2.90. The first kappa shape index (κ1) is 25.1. The van der Waals surface area contributed by atoms with Crippen molar-refractivity contribution >= 4 is 6.21 Å². The molecule has 162 valence electrons. The molecule has 0 aliphatic carbocycles. The molecule has 0 aromatic heterocycles. The van der Waals surface area contributed by atoms with E-state index in [4.69, 9.17) is 4.84 Å². The molecule has 0 aliphatic heterocycles. The molecule has 0 atom stereocenters. The summed E-state index contributed by atoms with van der Waals surface area (Å²) >= 11 is 0. The van der Waals surface area contributed by atoms with Crippen molar-refractivity contribution in [2.75, 3.05) is 6.61 Å². The molecular weight excluding hydrogens is 368 g/mol. The Balaban J connectivity index is 1.87. The average Bonchev–Trinajstić information content (AvgIpc) is 2.72. The maximum atomic E-state index is 13.0. The van der Waals surface area contributed by atoms with Gasteiger partial charge < -0.3 is 4.84 Å². The van der Waals surface area contributed by atoms with Gasteiger partial charge in [-0.15, -0.1) is 0 Å². The molecule has 0 fully saturated rings. The van der Waals surface area contributed by atoms with Crippen LogP contribution in [0.3, 0.4) is 0 Å². The zero-order valence-electron chi connectivity index (χ0n) is 17.9. The highest BCUT2D eigenvalue weighted by Crippen LogP contribution is 2.09. The van der Waals surface area contributed by atoms with Crippen LogP contribution in [0.5, 0.6) is 0 Å². The molecule has 29 heavy (non-hydrogen) atoms. The molecule has 0 aliphatic rings. The van der Waals surface area contributed by atoms with E-state index < -0.39 is 11.6 Å². The summed E-state index contributed by atoms with van der Waals surface area (Å²) < 4.78 is 25.8. The van der Waals surface area contributed by atoms with E-state index in [0.717, 1.165) is 31.4 Å². The predicted octanol–water partition coefficient (Wildman–Crippen LogP) is 8.13. The first-order chi connectivity index (χ1) is 14.2. The van der Waals surface area contributed by atoms with Crippen LogP contribution >= 0.6 is 0 Å². The van der Waals surface area contributed by atoms with Crippen LogP contribution in [0.25, 0.3) is 0 Å². The van der Waals surface area contributed by atoms with Crippen molar-refractivity contribution < 1.29 is 13.6 Å². The number of nitrogens with zero attached hydrogens (tertiary/aromatic N) is 1. The van der Waals surface area contributed by atoms with Crippen molar-refractivity contribution in [2.24, 2.45) is 5.16 Å². The monoisotopic (exact) mass is 405 g/mol. The maximum Gasteiger partial charge on any atom is 0.159 e. The quantitative estimate of drug-likeness (QED) is 0.111. The first-order valence-electron chi connectivity index (χ1n) is 11.1. The number of hydrogen-bond acceptors (Lipinski definition) is 2. The lowest BCUT2D eigenvalue weighted by atomic mass is 10.1. The molecule has 1 aromatic carbocycles. The van der Waals surface area contributed by atoms with Crippen LogP contribution < -0.4 is 0 Å². The molecule has 0 spiro atoms. The normalized spacial score (nSPS) is 12.0. The standard InChI is InChI=1S/C25H37F2NO/c1-2-3-4-5-6-7-8-9-10-11-12-13-14-15-16-17-20-29-28-22-23-18-19-24(26)25(27)21-23/h6-7,9-10,18-19,21-22H,2-5,8,11-17,20H2,1H3/b7-6-,10-9+,28-22?. The van der Waals surface area contributed by atoms with Gasteiger partial charge in [-0.1, -0.05) is 74.6 Å². The Labute approximate surface area is 175 Å². The Morgan fingerprint density at radius 1 is 0.793 bits per heavy atom. The molecule has 4 heteroatoms. The van der Waals surface area contributed by atoms with Gasteiger partial charge in [-0.2, -0.15) is 0 Å². The molecule has 0 amide bonds. The lowest BCUT2D eigenvalue weighted by Gasteiger charge is -2.01. The van der Waals surface area contributed by atoms with Gasteiger partial charge in [0.05, 0.1) is 6.21 Å². The van der Waals surface area contributed by atoms with Crippen LogP contribution in [0, 0.1) is 11.6 Å². The van der Waals surface area contributed by atoms with Crippen LogP contribution in [-0.4, -0.2) is 12.8 Å². The first-order valence-corrected chi connectivity index (χ1v) is 11.1. The fraction of sp³-hybridized carbons (Fsp3) is 0.560. The molecule has 0 saturated carbocycles. The Hall–Kier alpha value is -1.97. The highest BCUT2D eigenvalue weighted by molar-refractivity contribution is 5.78. The summed E-state index contributed by atoms with van der Waals surface area (Å²) in [5, 5.41) is 3.79. The van der Waals surface area contributed by atoms with E-state index in [2.05, 4.69) is 36.4 Å². The lowest BCUT2D eigenvalue weighted by molar-refractivity contribution is 0.141. The van der Waals surface area contributed by atoms with E-state index >= 15 is 0 Å². The van der Waals surface area contributed by atoms with E-state index in [-0.39, 0.29) is 0 Å². The largest absolute Gasteiger partial charge is 0.396 e. The van der Waals surface area contributed by atoms with Gasteiger partial charge in [-0.05, 0) is 62.6 Å². The van der Waals surface area contributed by atoms with E-state index in [1.165, 1.54) is 70.1 Å². The number of allylic oxidation sites excluding steroid dienone is 4. The van der Waals surface area contributed by atoms with Crippen molar-refractivity contribution in [3.63, 3.8) is 0 Å². The summed E-state index contributed by atoms with van der Waals surface area (Å²) in [6, 6.07) is 3.65. The van der Waals surface area contributed by atoms with Crippen LogP contribution in [0.15, 0.2) is 47.7 Å². The second kappa shape index (κ2) is 18.1. The second-order valence-corrected chi connectivity index (χ2v) is 7.33. The topological polar surface area (TPSA) is 21.6 Å². The second-order valence-electron chi connectivity index (χ2n) is 7.33. The molecule has 0 bridgehead atoms. The number of unbranched alkanes of at least 4 members (excludes halogenated alkanes) is 9. The van der Waals surface area contributed by atoms with E-state index in [9.17, 15) is 8.78 Å². The maximum absolute atomic E-state index is 13.0. The van der Waals surface area contributed by atoms with Crippen LogP contribution in [0.1, 0.15) is 89.5 Å². The van der Waals surface area contributed by atoms with Gasteiger partial charge in [-0.25, -0.2) is 8.78 Å². The molecule has 0 N–H and O–H groups in total. The van der Waals surface area contributed by atoms with Crippen LogP contribution in [0.2, 0.25) is 0 Å². The van der Waals surface area contributed by atoms with E-state index in [1.807, 2.05) is 0 Å². The fourth-order valence-electron chi connectivity index (χ4n) is 2.90. The lowest BCUT2D eigenvalue weighted by Crippen LogP contribution is -1.91.